The topological polar surface area (TPSA) is 83.2 Å². The molecule has 0 saturated carbocycles. The van der Waals surface area contributed by atoms with Crippen molar-refractivity contribution in [2.45, 2.75) is 13.1 Å². The summed E-state index contributed by atoms with van der Waals surface area (Å²) in [5, 5.41) is 5.36. The summed E-state index contributed by atoms with van der Waals surface area (Å²) < 4.78 is 39.4. The number of ether oxygens (including phenoxy) is 1. The number of alkyl halides is 3. The number of nitrogens with one attached hydrogen (secondary N) is 3. The van der Waals surface area contributed by atoms with Crippen LogP contribution in [0.3, 0.4) is 0 Å². The average molecular weight is 329 g/mol. The van der Waals surface area contributed by atoms with Gasteiger partial charge in [0.25, 0.3) is 0 Å². The number of rotatable bonds is 4. The number of carbonyl (C=O) groups excluding carboxylic acids is 2. The Morgan fingerprint density at radius 1 is 1.26 bits per heavy atom. The van der Waals surface area contributed by atoms with Crippen molar-refractivity contribution >= 4 is 28.6 Å². The highest BCUT2D eigenvalue weighted by Crippen LogP contribution is 2.19. The van der Waals surface area contributed by atoms with Gasteiger partial charge in [-0.1, -0.05) is 0 Å². The molecular weight excluding hydrogens is 315 g/mol. The van der Waals surface area contributed by atoms with Crippen LogP contribution in [0.5, 0.6) is 0 Å². The van der Waals surface area contributed by atoms with E-state index in [0.29, 0.717) is 5.69 Å². The van der Waals surface area contributed by atoms with E-state index in [9.17, 15) is 22.8 Å². The van der Waals surface area contributed by atoms with Gasteiger partial charge in [-0.3, -0.25) is 4.79 Å². The molecule has 0 unspecified atom stereocenters. The minimum atomic E-state index is -4.61. The third-order valence-corrected chi connectivity index (χ3v) is 2.80. The second-order valence-corrected chi connectivity index (χ2v) is 4.85. The molecule has 6 nitrogen and oxygen atoms in total. The van der Waals surface area contributed by atoms with Crippen molar-refractivity contribution in [3.05, 3.63) is 30.0 Å². The molecule has 2 rings (SSSR count). The van der Waals surface area contributed by atoms with E-state index in [1.165, 1.54) is 0 Å². The SMILES string of the molecule is Cc1cc2cc(NC(=O)CNC(=O)OCC(F)(F)F)ccc2[nH]1. The number of halogens is 3. The number of H-pyrrole nitrogens is 1. The molecule has 1 aromatic heterocycles. The van der Waals surface area contributed by atoms with E-state index in [1.807, 2.05) is 18.3 Å². The quantitative estimate of drug-likeness (QED) is 0.806. The fourth-order valence-corrected chi connectivity index (χ4v) is 1.91. The summed E-state index contributed by atoms with van der Waals surface area (Å²) in [7, 11) is 0. The molecule has 2 amide bonds. The van der Waals surface area contributed by atoms with E-state index in [2.05, 4.69) is 15.0 Å². The molecule has 0 aliphatic heterocycles. The molecule has 124 valence electrons. The molecule has 0 aliphatic rings. The van der Waals surface area contributed by atoms with Gasteiger partial charge in [0.1, 0.15) is 6.54 Å². The van der Waals surface area contributed by atoms with Gasteiger partial charge in [-0.05, 0) is 31.2 Å². The van der Waals surface area contributed by atoms with Crippen molar-refractivity contribution in [1.82, 2.24) is 10.3 Å². The summed E-state index contributed by atoms with van der Waals surface area (Å²) in [5.74, 6) is -0.583. The standard InChI is InChI=1S/C14H14F3N3O3/c1-8-4-9-5-10(2-3-11(9)19-8)20-12(21)6-18-13(22)23-7-14(15,16)17/h2-5,19H,6-7H2,1H3,(H,18,22)(H,20,21). The third-order valence-electron chi connectivity index (χ3n) is 2.80. The number of aryl methyl sites for hydroxylation is 1. The summed E-state index contributed by atoms with van der Waals surface area (Å²) in [6, 6.07) is 7.08. The average Bonchev–Trinajstić information content (AvgIpc) is 2.81. The number of hydrogen-bond acceptors (Lipinski definition) is 3. The van der Waals surface area contributed by atoms with Crippen molar-refractivity contribution < 1.29 is 27.5 Å². The predicted molar refractivity (Wildman–Crippen MR) is 77.1 cm³/mol. The first-order valence-corrected chi connectivity index (χ1v) is 6.59. The van der Waals surface area contributed by atoms with E-state index in [0.717, 1.165) is 16.6 Å². The Bertz CT molecular complexity index is 725. The minimum Gasteiger partial charge on any atom is -0.440 e. The number of fused-ring (bicyclic) bond motifs is 1. The van der Waals surface area contributed by atoms with Crippen LogP contribution in [0.2, 0.25) is 0 Å². The normalized spacial score (nSPS) is 11.3. The third kappa shape index (κ3) is 5.20. The molecule has 0 fully saturated rings. The first kappa shape index (κ1) is 16.7. The summed E-state index contributed by atoms with van der Waals surface area (Å²) >= 11 is 0. The number of aromatic nitrogens is 1. The molecule has 2 aromatic rings. The van der Waals surface area contributed by atoms with Gasteiger partial charge >= 0.3 is 12.3 Å². The van der Waals surface area contributed by atoms with Crippen LogP contribution in [-0.2, 0) is 9.53 Å². The number of amides is 2. The van der Waals surface area contributed by atoms with Crippen LogP contribution in [0.15, 0.2) is 24.3 Å². The molecule has 0 radical (unpaired) electrons. The number of benzene rings is 1. The van der Waals surface area contributed by atoms with Crippen LogP contribution in [0, 0.1) is 6.92 Å². The van der Waals surface area contributed by atoms with Crippen molar-refractivity contribution in [3.63, 3.8) is 0 Å². The molecule has 1 aromatic carbocycles. The van der Waals surface area contributed by atoms with Gasteiger partial charge in [0, 0.05) is 22.3 Å². The van der Waals surface area contributed by atoms with Crippen molar-refractivity contribution in [2.24, 2.45) is 0 Å². The van der Waals surface area contributed by atoms with Crippen LogP contribution in [0.25, 0.3) is 10.9 Å². The smallest absolute Gasteiger partial charge is 0.422 e. The summed E-state index contributed by atoms with van der Waals surface area (Å²) in [5.41, 5.74) is 2.39. The van der Waals surface area contributed by atoms with E-state index >= 15 is 0 Å². The maximum atomic E-state index is 11.8. The molecule has 9 heteroatoms. The Morgan fingerprint density at radius 2 is 2.00 bits per heavy atom. The second kappa shape index (κ2) is 6.59. The highest BCUT2D eigenvalue weighted by Gasteiger charge is 2.29. The second-order valence-electron chi connectivity index (χ2n) is 4.85. The lowest BCUT2D eigenvalue weighted by molar-refractivity contribution is -0.160. The molecular formula is C14H14F3N3O3. The lowest BCUT2D eigenvalue weighted by Crippen LogP contribution is -2.35. The summed E-state index contributed by atoms with van der Waals surface area (Å²) in [4.78, 5) is 25.8. The molecule has 1 heterocycles. The Morgan fingerprint density at radius 3 is 2.70 bits per heavy atom. The van der Waals surface area contributed by atoms with Crippen molar-refractivity contribution in [3.8, 4) is 0 Å². The minimum absolute atomic E-state index is 0.499. The molecule has 0 aliphatic carbocycles. The molecule has 0 saturated heterocycles. The first-order valence-electron chi connectivity index (χ1n) is 6.59. The van der Waals surface area contributed by atoms with Gasteiger partial charge in [-0.25, -0.2) is 4.79 Å². The summed E-state index contributed by atoms with van der Waals surface area (Å²) in [6.45, 7) is -0.306. The zero-order chi connectivity index (χ0) is 17.0. The van der Waals surface area contributed by atoms with Gasteiger partial charge in [-0.2, -0.15) is 13.2 Å². The lowest BCUT2D eigenvalue weighted by Gasteiger charge is -2.09. The van der Waals surface area contributed by atoms with E-state index in [-0.39, 0.29) is 0 Å². The number of anilines is 1. The Balaban J connectivity index is 1.82. The number of aromatic amines is 1. The maximum Gasteiger partial charge on any atom is 0.422 e. The van der Waals surface area contributed by atoms with Gasteiger partial charge in [0.05, 0.1) is 0 Å². The fourth-order valence-electron chi connectivity index (χ4n) is 1.91. The van der Waals surface area contributed by atoms with Gasteiger partial charge < -0.3 is 20.4 Å². The fraction of sp³-hybridized carbons (Fsp3) is 0.286. The molecule has 23 heavy (non-hydrogen) atoms. The maximum absolute atomic E-state index is 11.8. The number of hydrogen-bond donors (Lipinski definition) is 3. The highest BCUT2D eigenvalue weighted by atomic mass is 19.4. The van der Waals surface area contributed by atoms with Crippen LogP contribution < -0.4 is 10.6 Å². The van der Waals surface area contributed by atoms with Crippen LogP contribution in [0.4, 0.5) is 23.7 Å². The zero-order valence-electron chi connectivity index (χ0n) is 12.1. The van der Waals surface area contributed by atoms with Crippen molar-refractivity contribution in [2.75, 3.05) is 18.5 Å². The predicted octanol–water partition coefficient (Wildman–Crippen LogP) is 2.70. The monoisotopic (exact) mass is 329 g/mol. The first-order chi connectivity index (χ1) is 10.7. The van der Waals surface area contributed by atoms with Gasteiger partial charge in [0.15, 0.2) is 6.61 Å². The molecule has 0 atom stereocenters. The van der Waals surface area contributed by atoms with Gasteiger partial charge in [-0.15, -0.1) is 0 Å². The summed E-state index contributed by atoms with van der Waals surface area (Å²) in [6.07, 6.45) is -5.92. The molecule has 0 spiro atoms. The van der Waals surface area contributed by atoms with E-state index in [1.54, 1.807) is 18.2 Å². The molecule has 0 bridgehead atoms. The zero-order valence-corrected chi connectivity index (χ0v) is 12.1. The van der Waals surface area contributed by atoms with Gasteiger partial charge in [0.2, 0.25) is 5.91 Å². The number of alkyl carbamates (subject to hydrolysis) is 1. The van der Waals surface area contributed by atoms with E-state index < -0.39 is 31.3 Å². The largest absolute Gasteiger partial charge is 0.440 e. The van der Waals surface area contributed by atoms with E-state index in [4.69, 9.17) is 0 Å². The lowest BCUT2D eigenvalue weighted by atomic mass is 10.2. The Kier molecular flexibility index (Phi) is 4.77. The molecule has 3 N–H and O–H groups in total. The Hall–Kier alpha value is -2.71. The Labute approximate surface area is 129 Å². The van der Waals surface area contributed by atoms with Crippen LogP contribution >= 0.6 is 0 Å². The van der Waals surface area contributed by atoms with Crippen LogP contribution in [0.1, 0.15) is 5.69 Å². The van der Waals surface area contributed by atoms with Crippen molar-refractivity contribution in [1.29, 1.82) is 0 Å². The highest BCUT2D eigenvalue weighted by molar-refractivity contribution is 5.96. The number of carbonyl (C=O) groups is 2. The van der Waals surface area contributed by atoms with Crippen LogP contribution in [-0.4, -0.2) is 36.3 Å².